The highest BCUT2D eigenvalue weighted by Gasteiger charge is 2.27. The summed E-state index contributed by atoms with van der Waals surface area (Å²) in [5.41, 5.74) is 7.80. The fourth-order valence-corrected chi connectivity index (χ4v) is 4.51. The van der Waals surface area contributed by atoms with Crippen LogP contribution >= 0.6 is 0 Å². The van der Waals surface area contributed by atoms with Crippen LogP contribution in [-0.4, -0.2) is 25.3 Å². The molecule has 1 amide bonds. The molecule has 3 N–H and O–H groups in total. The third kappa shape index (κ3) is 5.04. The zero-order valence-electron chi connectivity index (χ0n) is 15.7. The molecule has 1 aliphatic carbocycles. The molecule has 1 saturated carbocycles. The van der Waals surface area contributed by atoms with Crippen molar-refractivity contribution in [2.24, 2.45) is 17.6 Å². The van der Waals surface area contributed by atoms with Gasteiger partial charge in [-0.2, -0.15) is 0 Å². The minimum Gasteiger partial charge on any atom is -0.369 e. The van der Waals surface area contributed by atoms with Gasteiger partial charge in [0.1, 0.15) is 12.0 Å². The summed E-state index contributed by atoms with van der Waals surface area (Å²) in [5, 5.41) is 3.44. The van der Waals surface area contributed by atoms with Crippen molar-refractivity contribution >= 4 is 5.91 Å². The van der Waals surface area contributed by atoms with Gasteiger partial charge >= 0.3 is 0 Å². The fourth-order valence-electron chi connectivity index (χ4n) is 4.51. The summed E-state index contributed by atoms with van der Waals surface area (Å²) in [7, 11) is 0. The Labute approximate surface area is 155 Å². The summed E-state index contributed by atoms with van der Waals surface area (Å²) in [6.07, 6.45) is 7.32. The highest BCUT2D eigenvalue weighted by atomic mass is 19.1. The Morgan fingerprint density at radius 1 is 1.27 bits per heavy atom. The lowest BCUT2D eigenvalue weighted by molar-refractivity contribution is -0.127. The molecule has 26 heavy (non-hydrogen) atoms. The number of carbonyl (C=O) groups excluding carboxylic acids is 1. The number of amides is 1. The van der Waals surface area contributed by atoms with Crippen molar-refractivity contribution in [3.63, 3.8) is 0 Å². The third-order valence-corrected chi connectivity index (χ3v) is 6.13. The predicted molar refractivity (Wildman–Crippen MR) is 100 cm³/mol. The minimum absolute atomic E-state index is 0.0422. The molecule has 0 aromatic heterocycles. The van der Waals surface area contributed by atoms with Gasteiger partial charge in [0.2, 0.25) is 5.91 Å². The van der Waals surface area contributed by atoms with Crippen molar-refractivity contribution in [1.82, 2.24) is 5.32 Å². The Hall–Kier alpha value is -1.46. The third-order valence-electron chi connectivity index (χ3n) is 6.13. The van der Waals surface area contributed by atoms with E-state index in [4.69, 9.17) is 10.5 Å². The number of hydrogen-bond donors (Lipinski definition) is 2. The standard InChI is InChI=1S/C21H31FN2O2/c1-14-12-18(22)6-7-19(14)16-4-2-15(3-5-16)8-10-24-20-13-17(21(23)25)9-11-26-20/h6-7,12,15-17,20,24H,2-5,8-11,13H2,1H3,(H2,23,25). The number of nitrogens with two attached hydrogens (primary N) is 1. The summed E-state index contributed by atoms with van der Waals surface area (Å²) in [4.78, 5) is 11.3. The first-order valence-corrected chi connectivity index (χ1v) is 9.93. The molecule has 5 heteroatoms. The monoisotopic (exact) mass is 362 g/mol. The van der Waals surface area contributed by atoms with Crippen molar-refractivity contribution in [2.45, 2.75) is 64.0 Å². The molecular weight excluding hydrogens is 331 g/mol. The van der Waals surface area contributed by atoms with Crippen LogP contribution in [-0.2, 0) is 9.53 Å². The first-order chi connectivity index (χ1) is 12.5. The summed E-state index contributed by atoms with van der Waals surface area (Å²) in [6.45, 7) is 3.53. The van der Waals surface area contributed by atoms with E-state index in [1.165, 1.54) is 31.2 Å². The van der Waals surface area contributed by atoms with Gasteiger partial charge in [0.15, 0.2) is 0 Å². The average Bonchev–Trinajstić information content (AvgIpc) is 2.63. The van der Waals surface area contributed by atoms with E-state index in [-0.39, 0.29) is 23.9 Å². The van der Waals surface area contributed by atoms with E-state index in [2.05, 4.69) is 5.32 Å². The summed E-state index contributed by atoms with van der Waals surface area (Å²) in [6, 6.07) is 5.20. The van der Waals surface area contributed by atoms with Gasteiger partial charge in [0.05, 0.1) is 0 Å². The van der Waals surface area contributed by atoms with Crippen molar-refractivity contribution in [2.75, 3.05) is 13.2 Å². The van der Waals surface area contributed by atoms with Crippen molar-refractivity contribution < 1.29 is 13.9 Å². The second-order valence-electron chi connectivity index (χ2n) is 7.94. The van der Waals surface area contributed by atoms with E-state index in [9.17, 15) is 9.18 Å². The second kappa shape index (κ2) is 8.96. The van der Waals surface area contributed by atoms with Gasteiger partial charge < -0.3 is 10.5 Å². The lowest BCUT2D eigenvalue weighted by Crippen LogP contribution is -2.42. The normalized spacial score (nSPS) is 29.5. The molecule has 0 radical (unpaired) electrons. The van der Waals surface area contributed by atoms with Gasteiger partial charge in [0, 0.05) is 12.5 Å². The van der Waals surface area contributed by atoms with Crippen LogP contribution in [0.4, 0.5) is 4.39 Å². The second-order valence-corrected chi connectivity index (χ2v) is 7.94. The molecule has 2 unspecified atom stereocenters. The molecule has 2 atom stereocenters. The summed E-state index contributed by atoms with van der Waals surface area (Å²) < 4.78 is 19.0. The Kier molecular flexibility index (Phi) is 6.65. The molecule has 0 spiro atoms. The Bertz CT molecular complexity index is 614. The number of nitrogens with one attached hydrogen (secondary N) is 1. The number of primary amides is 1. The van der Waals surface area contributed by atoms with Crippen LogP contribution in [0.5, 0.6) is 0 Å². The maximum absolute atomic E-state index is 13.3. The SMILES string of the molecule is Cc1cc(F)ccc1C1CCC(CCNC2CC(C(N)=O)CCO2)CC1. The predicted octanol–water partition coefficient (Wildman–Crippen LogP) is 3.63. The highest BCUT2D eigenvalue weighted by Crippen LogP contribution is 2.38. The average molecular weight is 362 g/mol. The maximum atomic E-state index is 13.3. The molecule has 1 aromatic rings. The van der Waals surface area contributed by atoms with Crippen LogP contribution < -0.4 is 11.1 Å². The number of halogens is 1. The molecule has 2 fully saturated rings. The molecule has 1 heterocycles. The lowest BCUT2D eigenvalue weighted by atomic mass is 9.76. The first kappa shape index (κ1) is 19.3. The van der Waals surface area contributed by atoms with E-state index in [0.717, 1.165) is 30.9 Å². The molecule has 2 aliphatic rings. The molecule has 1 aliphatic heterocycles. The van der Waals surface area contributed by atoms with E-state index in [0.29, 0.717) is 18.9 Å². The maximum Gasteiger partial charge on any atom is 0.220 e. The molecule has 1 aromatic carbocycles. The van der Waals surface area contributed by atoms with Crippen LogP contribution in [0.2, 0.25) is 0 Å². The van der Waals surface area contributed by atoms with E-state index in [1.807, 2.05) is 13.0 Å². The number of aryl methyl sites for hydroxylation is 1. The van der Waals surface area contributed by atoms with Gasteiger partial charge in [-0.1, -0.05) is 6.07 Å². The zero-order valence-corrected chi connectivity index (χ0v) is 15.7. The molecule has 1 saturated heterocycles. The Morgan fingerprint density at radius 3 is 2.73 bits per heavy atom. The van der Waals surface area contributed by atoms with Gasteiger partial charge in [-0.25, -0.2) is 4.39 Å². The zero-order chi connectivity index (χ0) is 18.5. The number of ether oxygens (including phenoxy) is 1. The van der Waals surface area contributed by atoms with Crippen LogP contribution in [0.1, 0.15) is 62.0 Å². The minimum atomic E-state index is -0.213. The van der Waals surface area contributed by atoms with Gasteiger partial charge in [0.25, 0.3) is 0 Å². The van der Waals surface area contributed by atoms with Crippen LogP contribution in [0.15, 0.2) is 18.2 Å². The van der Waals surface area contributed by atoms with Crippen LogP contribution in [0.25, 0.3) is 0 Å². The molecule has 3 rings (SSSR count). The Balaban J connectivity index is 1.38. The lowest BCUT2D eigenvalue weighted by Gasteiger charge is -2.31. The number of carbonyl (C=O) groups is 1. The van der Waals surface area contributed by atoms with Crippen molar-refractivity contribution in [1.29, 1.82) is 0 Å². The van der Waals surface area contributed by atoms with E-state index < -0.39 is 0 Å². The van der Waals surface area contributed by atoms with Gasteiger partial charge in [-0.05, 0) is 93.5 Å². The van der Waals surface area contributed by atoms with Crippen molar-refractivity contribution in [3.8, 4) is 0 Å². The summed E-state index contributed by atoms with van der Waals surface area (Å²) in [5.74, 6) is 0.882. The Morgan fingerprint density at radius 2 is 2.04 bits per heavy atom. The quantitative estimate of drug-likeness (QED) is 0.812. The van der Waals surface area contributed by atoms with E-state index in [1.54, 1.807) is 12.1 Å². The van der Waals surface area contributed by atoms with E-state index >= 15 is 0 Å². The topological polar surface area (TPSA) is 64.3 Å². The molecule has 144 valence electrons. The largest absolute Gasteiger partial charge is 0.369 e. The van der Waals surface area contributed by atoms with Crippen LogP contribution in [0, 0.1) is 24.6 Å². The molecular formula is C21H31FN2O2. The van der Waals surface area contributed by atoms with Crippen LogP contribution in [0.3, 0.4) is 0 Å². The van der Waals surface area contributed by atoms with Gasteiger partial charge in [-0.3, -0.25) is 10.1 Å². The first-order valence-electron chi connectivity index (χ1n) is 9.93. The number of rotatable bonds is 6. The van der Waals surface area contributed by atoms with Gasteiger partial charge in [-0.15, -0.1) is 0 Å². The highest BCUT2D eigenvalue weighted by molar-refractivity contribution is 5.76. The number of benzene rings is 1. The fraction of sp³-hybridized carbons (Fsp3) is 0.667. The molecule has 0 bridgehead atoms. The van der Waals surface area contributed by atoms with Crippen molar-refractivity contribution in [3.05, 3.63) is 35.1 Å². The number of hydrogen-bond acceptors (Lipinski definition) is 3. The smallest absolute Gasteiger partial charge is 0.220 e. The molecule has 4 nitrogen and oxygen atoms in total. The summed E-state index contributed by atoms with van der Waals surface area (Å²) >= 11 is 0.